The Bertz CT molecular complexity index is 1140. The van der Waals surface area contributed by atoms with Gasteiger partial charge in [-0.2, -0.15) is 0 Å². The summed E-state index contributed by atoms with van der Waals surface area (Å²) in [5.41, 5.74) is 1.26. The van der Waals surface area contributed by atoms with Crippen LogP contribution in [-0.2, 0) is 0 Å². The molecule has 0 atom stereocenters. The van der Waals surface area contributed by atoms with Crippen LogP contribution in [0, 0.1) is 11.8 Å². The zero-order valence-electron chi connectivity index (χ0n) is 15.4. The summed E-state index contributed by atoms with van der Waals surface area (Å²) in [6, 6.07) is 11.2. The highest BCUT2D eigenvalue weighted by molar-refractivity contribution is 5.73. The predicted molar refractivity (Wildman–Crippen MR) is 104 cm³/mol. The number of furan rings is 1. The minimum atomic E-state index is -0.144. The van der Waals surface area contributed by atoms with Crippen molar-refractivity contribution in [3.05, 3.63) is 66.4 Å². The van der Waals surface area contributed by atoms with E-state index < -0.39 is 0 Å². The van der Waals surface area contributed by atoms with Gasteiger partial charge in [0, 0.05) is 24.1 Å². The van der Waals surface area contributed by atoms with Crippen LogP contribution in [0.25, 0.3) is 17.2 Å². The maximum Gasteiger partial charge on any atom is 0.236 e. The van der Waals surface area contributed by atoms with Crippen LogP contribution in [0.2, 0.25) is 0 Å². The molecule has 0 unspecified atom stereocenters. The van der Waals surface area contributed by atoms with Crippen LogP contribution in [0.15, 0.2) is 59.4 Å². The Hall–Kier alpha value is -3.59. The third-order valence-electron chi connectivity index (χ3n) is 3.72. The molecule has 0 radical (unpaired) electrons. The predicted octanol–water partition coefficient (Wildman–Crippen LogP) is 3.99. The van der Waals surface area contributed by atoms with Gasteiger partial charge in [-0.1, -0.05) is 6.07 Å². The number of nitrogens with one attached hydrogen (secondary N) is 1. The Balaban J connectivity index is 1.74. The van der Waals surface area contributed by atoms with Crippen molar-refractivity contribution >= 4 is 11.6 Å². The van der Waals surface area contributed by atoms with Crippen LogP contribution < -0.4 is 5.32 Å². The van der Waals surface area contributed by atoms with E-state index >= 15 is 0 Å². The molecule has 6 nitrogen and oxygen atoms in total. The summed E-state index contributed by atoms with van der Waals surface area (Å²) in [5.74, 6) is 8.64. The van der Waals surface area contributed by atoms with Gasteiger partial charge < -0.3 is 9.73 Å². The smallest absolute Gasteiger partial charge is 0.236 e. The Morgan fingerprint density at radius 2 is 1.85 bits per heavy atom. The highest BCUT2D eigenvalue weighted by Crippen LogP contribution is 2.31. The summed E-state index contributed by atoms with van der Waals surface area (Å²) < 4.78 is 7.85. The van der Waals surface area contributed by atoms with Gasteiger partial charge in [0.15, 0.2) is 17.2 Å². The molecule has 27 heavy (non-hydrogen) atoms. The second kappa shape index (κ2) is 6.61. The van der Waals surface area contributed by atoms with Crippen molar-refractivity contribution in [2.75, 3.05) is 5.32 Å². The molecule has 0 aliphatic rings. The fraction of sp³-hybridized carbons (Fsp3) is 0.190. The van der Waals surface area contributed by atoms with E-state index in [2.05, 4.69) is 52.9 Å². The van der Waals surface area contributed by atoms with Gasteiger partial charge in [0.25, 0.3) is 0 Å². The number of anilines is 1. The average molecular weight is 357 g/mol. The molecule has 6 heteroatoms. The van der Waals surface area contributed by atoms with Crippen molar-refractivity contribution in [2.24, 2.45) is 0 Å². The van der Waals surface area contributed by atoms with Crippen molar-refractivity contribution in [1.29, 1.82) is 0 Å². The molecule has 0 aliphatic heterocycles. The summed E-state index contributed by atoms with van der Waals surface area (Å²) in [4.78, 5) is 13.2. The molecule has 4 aromatic heterocycles. The molecule has 0 saturated carbocycles. The van der Waals surface area contributed by atoms with Crippen LogP contribution in [0.3, 0.4) is 0 Å². The third-order valence-corrected chi connectivity index (χ3v) is 3.72. The Morgan fingerprint density at radius 1 is 1.00 bits per heavy atom. The van der Waals surface area contributed by atoms with E-state index in [-0.39, 0.29) is 5.54 Å². The summed E-state index contributed by atoms with van der Waals surface area (Å²) >= 11 is 0. The minimum absolute atomic E-state index is 0.144. The first kappa shape index (κ1) is 16.9. The number of aromatic nitrogens is 4. The molecule has 0 spiro atoms. The zero-order chi connectivity index (χ0) is 18.9. The molecule has 0 saturated heterocycles. The van der Waals surface area contributed by atoms with E-state index in [0.29, 0.717) is 28.7 Å². The fourth-order valence-corrected chi connectivity index (χ4v) is 2.63. The normalized spacial score (nSPS) is 11.2. The van der Waals surface area contributed by atoms with Gasteiger partial charge in [0.2, 0.25) is 5.78 Å². The largest absolute Gasteiger partial charge is 0.446 e. The maximum absolute atomic E-state index is 5.93. The lowest BCUT2D eigenvalue weighted by Crippen LogP contribution is -2.27. The van der Waals surface area contributed by atoms with E-state index in [1.54, 1.807) is 12.4 Å². The number of imidazole rings is 1. The third kappa shape index (κ3) is 3.67. The number of nitrogens with zero attached hydrogens (tertiary/aromatic N) is 4. The molecule has 4 aromatic rings. The Morgan fingerprint density at radius 3 is 2.63 bits per heavy atom. The van der Waals surface area contributed by atoms with Crippen molar-refractivity contribution in [2.45, 2.75) is 26.3 Å². The molecular weight excluding hydrogens is 338 g/mol. The van der Waals surface area contributed by atoms with Crippen molar-refractivity contribution in [1.82, 2.24) is 19.4 Å². The van der Waals surface area contributed by atoms with Crippen molar-refractivity contribution in [3.8, 4) is 23.3 Å². The second-order valence-corrected chi connectivity index (χ2v) is 7.10. The number of pyridine rings is 1. The standard InChI is InChI=1S/C21H19N5O/c1-21(2,3)25-19-18(24-20-23-13-6-14-26(19)20)17-11-10-16(27-17)9-8-15-7-4-5-12-22-15/h4-7,10-14,25H,1-3H3. The second-order valence-electron chi connectivity index (χ2n) is 7.10. The molecule has 134 valence electrons. The Kier molecular flexibility index (Phi) is 4.13. The summed E-state index contributed by atoms with van der Waals surface area (Å²) in [6.07, 6.45) is 5.36. The quantitative estimate of drug-likeness (QED) is 0.549. The molecule has 0 bridgehead atoms. The maximum atomic E-state index is 5.93. The number of hydrogen-bond donors (Lipinski definition) is 1. The van der Waals surface area contributed by atoms with E-state index in [4.69, 9.17) is 4.42 Å². The molecule has 0 aliphatic carbocycles. The van der Waals surface area contributed by atoms with Gasteiger partial charge in [-0.3, -0.25) is 4.40 Å². The lowest BCUT2D eigenvalue weighted by atomic mass is 10.1. The number of rotatable bonds is 2. The zero-order valence-corrected chi connectivity index (χ0v) is 15.4. The van der Waals surface area contributed by atoms with Gasteiger partial charge >= 0.3 is 0 Å². The molecule has 4 heterocycles. The van der Waals surface area contributed by atoms with Crippen LogP contribution in [0.5, 0.6) is 0 Å². The van der Waals surface area contributed by atoms with Crippen LogP contribution in [-0.4, -0.2) is 24.9 Å². The van der Waals surface area contributed by atoms with Crippen molar-refractivity contribution in [3.63, 3.8) is 0 Å². The van der Waals surface area contributed by atoms with Gasteiger partial charge in [-0.15, -0.1) is 0 Å². The van der Waals surface area contributed by atoms with E-state index in [1.807, 2.05) is 47.0 Å². The highest BCUT2D eigenvalue weighted by atomic mass is 16.3. The molecule has 1 N–H and O–H groups in total. The van der Waals surface area contributed by atoms with Crippen molar-refractivity contribution < 1.29 is 4.42 Å². The van der Waals surface area contributed by atoms with Crippen LogP contribution in [0.4, 0.5) is 5.82 Å². The molecule has 0 amide bonds. The molecule has 0 aromatic carbocycles. The minimum Gasteiger partial charge on any atom is -0.446 e. The van der Waals surface area contributed by atoms with E-state index in [9.17, 15) is 0 Å². The first-order chi connectivity index (χ1) is 13.0. The average Bonchev–Trinajstić information content (AvgIpc) is 3.25. The lowest BCUT2D eigenvalue weighted by Gasteiger charge is -2.22. The molecular formula is C21H19N5O. The molecule has 4 rings (SSSR count). The van der Waals surface area contributed by atoms with Gasteiger partial charge in [-0.05, 0) is 62.9 Å². The first-order valence-corrected chi connectivity index (χ1v) is 8.64. The highest BCUT2D eigenvalue weighted by Gasteiger charge is 2.21. The number of hydrogen-bond acceptors (Lipinski definition) is 5. The van der Waals surface area contributed by atoms with Crippen LogP contribution in [0.1, 0.15) is 32.2 Å². The SMILES string of the molecule is CC(C)(C)Nc1c(-c2ccc(C#Cc3ccccn3)o2)nc2ncccn12. The first-order valence-electron chi connectivity index (χ1n) is 8.64. The van der Waals surface area contributed by atoms with E-state index in [1.165, 1.54) is 0 Å². The van der Waals surface area contributed by atoms with Gasteiger partial charge in [0.05, 0.1) is 0 Å². The monoisotopic (exact) mass is 357 g/mol. The van der Waals surface area contributed by atoms with Gasteiger partial charge in [-0.25, -0.2) is 15.0 Å². The Labute approximate surface area is 157 Å². The number of fused-ring (bicyclic) bond motifs is 1. The topological polar surface area (TPSA) is 68.2 Å². The van der Waals surface area contributed by atoms with Gasteiger partial charge in [0.1, 0.15) is 11.5 Å². The molecule has 0 fully saturated rings. The summed E-state index contributed by atoms with van der Waals surface area (Å²) in [7, 11) is 0. The lowest BCUT2D eigenvalue weighted by molar-refractivity contribution is 0.566. The fourth-order valence-electron chi connectivity index (χ4n) is 2.63. The summed E-state index contributed by atoms with van der Waals surface area (Å²) in [6.45, 7) is 6.29. The summed E-state index contributed by atoms with van der Waals surface area (Å²) in [5, 5.41) is 3.49. The van der Waals surface area contributed by atoms with Crippen LogP contribution >= 0.6 is 0 Å². The van der Waals surface area contributed by atoms with E-state index in [0.717, 1.165) is 5.82 Å².